The highest BCUT2D eigenvalue weighted by Gasteiger charge is 2.33. The second-order valence-electron chi connectivity index (χ2n) is 8.59. The van der Waals surface area contributed by atoms with Crippen LogP contribution in [0.4, 0.5) is 4.39 Å². The SMILES string of the molecule is CCc1cc(C(=O)N2Cc3cnn(-c4ccccc4F)c3CC(C)(C)C2)cc(=O)[nH]1. The molecule has 0 bridgehead atoms. The normalized spacial score (nSPS) is 15.5. The zero-order valence-corrected chi connectivity index (χ0v) is 17.4. The fourth-order valence-corrected chi connectivity index (χ4v) is 4.09. The van der Waals surface area contributed by atoms with Crippen LogP contribution in [0.15, 0.2) is 47.4 Å². The molecule has 0 spiro atoms. The zero-order chi connectivity index (χ0) is 21.5. The van der Waals surface area contributed by atoms with Crippen LogP contribution in [0.1, 0.15) is 48.1 Å². The van der Waals surface area contributed by atoms with E-state index in [0.29, 0.717) is 37.2 Å². The van der Waals surface area contributed by atoms with Gasteiger partial charge in [-0.05, 0) is 36.5 Å². The van der Waals surface area contributed by atoms with E-state index >= 15 is 0 Å². The molecule has 30 heavy (non-hydrogen) atoms. The third-order valence-corrected chi connectivity index (χ3v) is 5.48. The van der Waals surface area contributed by atoms with Gasteiger partial charge in [-0.25, -0.2) is 9.07 Å². The number of fused-ring (bicyclic) bond motifs is 1. The van der Waals surface area contributed by atoms with Crippen molar-refractivity contribution in [2.45, 2.75) is 40.2 Å². The number of benzene rings is 1. The first kappa shape index (κ1) is 20.1. The molecule has 0 radical (unpaired) electrons. The number of hydrogen-bond donors (Lipinski definition) is 1. The first-order valence-corrected chi connectivity index (χ1v) is 10.1. The van der Waals surface area contributed by atoms with Gasteiger partial charge in [-0.3, -0.25) is 9.59 Å². The quantitative estimate of drug-likeness (QED) is 0.721. The van der Waals surface area contributed by atoms with Crippen LogP contribution in [0.25, 0.3) is 5.69 Å². The number of carbonyl (C=O) groups is 1. The predicted molar refractivity (Wildman–Crippen MR) is 112 cm³/mol. The van der Waals surface area contributed by atoms with Gasteiger partial charge >= 0.3 is 0 Å². The number of halogens is 1. The minimum atomic E-state index is -0.339. The van der Waals surface area contributed by atoms with Gasteiger partial charge in [0.1, 0.15) is 11.5 Å². The average molecular weight is 408 g/mol. The lowest BCUT2D eigenvalue weighted by atomic mass is 9.87. The second kappa shape index (κ2) is 7.55. The summed E-state index contributed by atoms with van der Waals surface area (Å²) in [6.07, 6.45) is 3.00. The van der Waals surface area contributed by atoms with Crippen LogP contribution >= 0.6 is 0 Å². The number of nitrogens with one attached hydrogen (secondary N) is 1. The second-order valence-corrected chi connectivity index (χ2v) is 8.59. The Morgan fingerprint density at radius 1 is 1.27 bits per heavy atom. The van der Waals surface area contributed by atoms with Crippen LogP contribution in [0.2, 0.25) is 0 Å². The lowest BCUT2D eigenvalue weighted by molar-refractivity contribution is 0.0680. The van der Waals surface area contributed by atoms with Gasteiger partial charge in [-0.1, -0.05) is 32.9 Å². The van der Waals surface area contributed by atoms with Crippen molar-refractivity contribution in [3.8, 4) is 5.69 Å². The average Bonchev–Trinajstić information content (AvgIpc) is 3.01. The lowest BCUT2D eigenvalue weighted by Gasteiger charge is -2.30. The van der Waals surface area contributed by atoms with Crippen molar-refractivity contribution in [2.24, 2.45) is 5.41 Å². The van der Waals surface area contributed by atoms with Crippen LogP contribution in [0.3, 0.4) is 0 Å². The number of para-hydroxylation sites is 1. The lowest BCUT2D eigenvalue weighted by Crippen LogP contribution is -2.38. The number of hydrogen-bond acceptors (Lipinski definition) is 3. The molecule has 0 atom stereocenters. The Morgan fingerprint density at radius 2 is 2.03 bits per heavy atom. The smallest absolute Gasteiger partial charge is 0.254 e. The van der Waals surface area contributed by atoms with Gasteiger partial charge < -0.3 is 9.88 Å². The standard InChI is InChI=1S/C23H25FN4O2/c1-4-17-9-15(10-21(29)26-17)22(30)27-13-16-12-25-28(19-8-6-5-7-18(19)24)20(16)11-23(2,3)14-27/h5-10,12H,4,11,13-14H2,1-3H3,(H,26,29). The molecule has 0 aliphatic carbocycles. The molecular formula is C23H25FN4O2. The van der Waals surface area contributed by atoms with Crippen LogP contribution in [0.5, 0.6) is 0 Å². The molecule has 0 saturated heterocycles. The minimum absolute atomic E-state index is 0.185. The van der Waals surface area contributed by atoms with Crippen molar-refractivity contribution < 1.29 is 9.18 Å². The van der Waals surface area contributed by atoms with E-state index in [4.69, 9.17) is 0 Å². The van der Waals surface area contributed by atoms with Crippen molar-refractivity contribution in [3.05, 3.63) is 81.3 Å². The Morgan fingerprint density at radius 3 is 2.77 bits per heavy atom. The molecule has 1 amide bonds. The highest BCUT2D eigenvalue weighted by atomic mass is 19.1. The molecule has 1 aromatic carbocycles. The van der Waals surface area contributed by atoms with Gasteiger partial charge in [-0.2, -0.15) is 5.10 Å². The van der Waals surface area contributed by atoms with Crippen LogP contribution in [-0.2, 0) is 19.4 Å². The zero-order valence-electron chi connectivity index (χ0n) is 17.4. The fraction of sp³-hybridized carbons (Fsp3) is 0.348. The Hall–Kier alpha value is -3.22. The summed E-state index contributed by atoms with van der Waals surface area (Å²) in [5.41, 5.74) is 2.78. The van der Waals surface area contributed by atoms with Crippen molar-refractivity contribution in [1.82, 2.24) is 19.7 Å². The molecule has 1 N–H and O–H groups in total. The maximum Gasteiger partial charge on any atom is 0.254 e. The van der Waals surface area contributed by atoms with Gasteiger partial charge in [0.15, 0.2) is 0 Å². The fourth-order valence-electron chi connectivity index (χ4n) is 4.09. The van der Waals surface area contributed by atoms with E-state index in [1.807, 2.05) is 6.92 Å². The van der Waals surface area contributed by atoms with E-state index in [2.05, 4.69) is 23.9 Å². The molecule has 1 aliphatic rings. The summed E-state index contributed by atoms with van der Waals surface area (Å²) in [6, 6.07) is 9.64. The summed E-state index contributed by atoms with van der Waals surface area (Å²) in [5.74, 6) is -0.524. The third-order valence-electron chi connectivity index (χ3n) is 5.48. The molecule has 6 nitrogen and oxygen atoms in total. The van der Waals surface area contributed by atoms with Crippen molar-refractivity contribution >= 4 is 5.91 Å². The van der Waals surface area contributed by atoms with Gasteiger partial charge in [0.05, 0.1) is 6.20 Å². The number of aromatic amines is 1. The van der Waals surface area contributed by atoms with Gasteiger partial charge in [0, 0.05) is 41.7 Å². The maximum atomic E-state index is 14.4. The third kappa shape index (κ3) is 3.79. The van der Waals surface area contributed by atoms with Gasteiger partial charge in [0.2, 0.25) is 5.56 Å². The number of amides is 1. The monoisotopic (exact) mass is 408 g/mol. The first-order chi connectivity index (χ1) is 14.3. The molecule has 156 valence electrons. The Kier molecular flexibility index (Phi) is 5.05. The van der Waals surface area contributed by atoms with E-state index in [1.54, 1.807) is 40.0 Å². The highest BCUT2D eigenvalue weighted by Crippen LogP contribution is 2.32. The minimum Gasteiger partial charge on any atom is -0.334 e. The summed E-state index contributed by atoms with van der Waals surface area (Å²) in [4.78, 5) is 29.8. The van der Waals surface area contributed by atoms with Crippen molar-refractivity contribution in [1.29, 1.82) is 0 Å². The van der Waals surface area contributed by atoms with E-state index in [1.165, 1.54) is 12.1 Å². The number of aromatic nitrogens is 3. The summed E-state index contributed by atoms with van der Waals surface area (Å²) < 4.78 is 16.0. The molecule has 4 rings (SSSR count). The Labute approximate surface area is 174 Å². The number of H-pyrrole nitrogens is 1. The number of pyridine rings is 1. The molecule has 2 aromatic heterocycles. The highest BCUT2D eigenvalue weighted by molar-refractivity contribution is 5.94. The van der Waals surface area contributed by atoms with Gasteiger partial charge in [0.25, 0.3) is 5.91 Å². The summed E-state index contributed by atoms with van der Waals surface area (Å²) >= 11 is 0. The number of rotatable bonds is 3. The van der Waals surface area contributed by atoms with Crippen LogP contribution < -0.4 is 5.56 Å². The van der Waals surface area contributed by atoms with Crippen molar-refractivity contribution in [2.75, 3.05) is 6.54 Å². The molecule has 1 aliphatic heterocycles. The largest absolute Gasteiger partial charge is 0.334 e. The summed E-state index contributed by atoms with van der Waals surface area (Å²) in [5, 5.41) is 4.43. The first-order valence-electron chi connectivity index (χ1n) is 10.1. The predicted octanol–water partition coefficient (Wildman–Crippen LogP) is 3.49. The van der Waals surface area contributed by atoms with E-state index < -0.39 is 0 Å². The molecule has 0 unspecified atom stereocenters. The Balaban J connectivity index is 1.73. The number of carbonyl (C=O) groups excluding carboxylic acids is 1. The van der Waals surface area contributed by atoms with Gasteiger partial charge in [-0.15, -0.1) is 0 Å². The maximum absolute atomic E-state index is 14.4. The molecular weight excluding hydrogens is 383 g/mol. The van der Waals surface area contributed by atoms with E-state index in [0.717, 1.165) is 17.0 Å². The topological polar surface area (TPSA) is 71.0 Å². The molecule has 3 heterocycles. The van der Waals surface area contributed by atoms with E-state index in [9.17, 15) is 14.0 Å². The van der Waals surface area contributed by atoms with E-state index in [-0.39, 0.29) is 22.7 Å². The molecule has 0 fully saturated rings. The number of nitrogens with zero attached hydrogens (tertiary/aromatic N) is 3. The van der Waals surface area contributed by atoms with Crippen molar-refractivity contribution in [3.63, 3.8) is 0 Å². The summed E-state index contributed by atoms with van der Waals surface area (Å²) in [7, 11) is 0. The Bertz CT molecular complexity index is 1160. The number of aryl methyl sites for hydroxylation is 1. The molecule has 7 heteroatoms. The van der Waals surface area contributed by atoms with Crippen LogP contribution in [-0.4, -0.2) is 32.1 Å². The van der Waals surface area contributed by atoms with Crippen LogP contribution in [0, 0.1) is 11.2 Å². The molecule has 3 aromatic rings. The molecule has 0 saturated carbocycles. The summed E-state index contributed by atoms with van der Waals surface area (Å²) in [6.45, 7) is 6.97.